The molecule has 19 heavy (non-hydrogen) atoms. The first kappa shape index (κ1) is 16.1. The molecular formula is C14H19BrFNO2. The van der Waals surface area contributed by atoms with Crippen LogP contribution in [0.15, 0.2) is 22.7 Å². The molecular weight excluding hydrogens is 313 g/mol. The topological polar surface area (TPSA) is 49.3 Å². The van der Waals surface area contributed by atoms with Gasteiger partial charge in [0.2, 0.25) is 0 Å². The Morgan fingerprint density at radius 1 is 1.53 bits per heavy atom. The Labute approximate surface area is 121 Å². The fourth-order valence-electron chi connectivity index (χ4n) is 1.80. The summed E-state index contributed by atoms with van der Waals surface area (Å²) in [6, 6.07) is 4.85. The quantitative estimate of drug-likeness (QED) is 0.841. The normalized spacial score (nSPS) is 13.3. The average Bonchev–Trinajstić information content (AvgIpc) is 2.31. The standard InChI is InChI=1S/C14H19BrFNO2/c1-9(13(18)19)7-17-8-14(2,3)11-6-10(15)4-5-12(11)16/h4-6,9,17H,7-8H2,1-3H3,(H,18,19). The number of carbonyl (C=O) groups is 1. The number of rotatable bonds is 6. The number of halogens is 2. The number of nitrogens with one attached hydrogen (secondary N) is 1. The van der Waals surface area contributed by atoms with Crippen LogP contribution in [0.3, 0.4) is 0 Å². The minimum atomic E-state index is -0.834. The first-order valence-corrected chi connectivity index (χ1v) is 6.92. The van der Waals surface area contributed by atoms with Gasteiger partial charge in [0.05, 0.1) is 5.92 Å². The van der Waals surface area contributed by atoms with E-state index in [1.165, 1.54) is 6.07 Å². The third-order valence-electron chi connectivity index (χ3n) is 3.10. The Balaban J connectivity index is 2.70. The molecule has 0 fully saturated rings. The van der Waals surface area contributed by atoms with Crippen molar-refractivity contribution in [3.63, 3.8) is 0 Å². The van der Waals surface area contributed by atoms with Crippen molar-refractivity contribution < 1.29 is 14.3 Å². The van der Waals surface area contributed by atoms with Crippen LogP contribution in [0.1, 0.15) is 26.3 Å². The second kappa shape index (κ2) is 6.48. The average molecular weight is 332 g/mol. The van der Waals surface area contributed by atoms with Crippen LogP contribution in [0, 0.1) is 11.7 Å². The molecule has 106 valence electrons. The number of aliphatic carboxylic acids is 1. The lowest BCUT2D eigenvalue weighted by molar-refractivity contribution is -0.140. The first-order valence-electron chi connectivity index (χ1n) is 6.13. The van der Waals surface area contributed by atoms with Crippen molar-refractivity contribution in [3.05, 3.63) is 34.1 Å². The van der Waals surface area contributed by atoms with Crippen LogP contribution in [0.4, 0.5) is 4.39 Å². The Kier molecular flexibility index (Phi) is 5.50. The van der Waals surface area contributed by atoms with E-state index < -0.39 is 17.3 Å². The summed E-state index contributed by atoms with van der Waals surface area (Å²) >= 11 is 3.33. The van der Waals surface area contributed by atoms with Crippen molar-refractivity contribution in [1.29, 1.82) is 0 Å². The van der Waals surface area contributed by atoms with Crippen molar-refractivity contribution in [1.82, 2.24) is 5.32 Å². The minimum absolute atomic E-state index is 0.249. The molecule has 1 aromatic carbocycles. The Bertz CT molecular complexity index is 463. The molecule has 0 bridgehead atoms. The van der Waals surface area contributed by atoms with Gasteiger partial charge in [0.25, 0.3) is 0 Å². The zero-order valence-corrected chi connectivity index (χ0v) is 12.9. The molecule has 1 aromatic rings. The Hall–Kier alpha value is -0.940. The van der Waals surface area contributed by atoms with E-state index in [0.29, 0.717) is 18.7 Å². The summed E-state index contributed by atoms with van der Waals surface area (Å²) in [7, 11) is 0. The number of hydrogen-bond donors (Lipinski definition) is 2. The van der Waals surface area contributed by atoms with Crippen LogP contribution >= 0.6 is 15.9 Å². The second-order valence-corrected chi connectivity index (χ2v) is 6.29. The van der Waals surface area contributed by atoms with Gasteiger partial charge < -0.3 is 10.4 Å². The third kappa shape index (κ3) is 4.58. The summed E-state index contributed by atoms with van der Waals surface area (Å²) < 4.78 is 14.7. The number of benzene rings is 1. The predicted molar refractivity (Wildman–Crippen MR) is 76.8 cm³/mol. The van der Waals surface area contributed by atoms with E-state index in [4.69, 9.17) is 5.11 Å². The van der Waals surface area contributed by atoms with Gasteiger partial charge in [-0.15, -0.1) is 0 Å². The largest absolute Gasteiger partial charge is 0.481 e. The van der Waals surface area contributed by atoms with Gasteiger partial charge in [0.15, 0.2) is 0 Å². The molecule has 5 heteroatoms. The highest BCUT2D eigenvalue weighted by Gasteiger charge is 2.24. The summed E-state index contributed by atoms with van der Waals surface area (Å²) in [6.45, 7) is 6.38. The van der Waals surface area contributed by atoms with Crippen molar-refractivity contribution in [2.45, 2.75) is 26.2 Å². The molecule has 0 aromatic heterocycles. The summed E-state index contributed by atoms with van der Waals surface area (Å²) in [6.07, 6.45) is 0. The summed E-state index contributed by atoms with van der Waals surface area (Å²) in [5.41, 5.74) is 0.198. The fraction of sp³-hybridized carbons (Fsp3) is 0.500. The van der Waals surface area contributed by atoms with E-state index in [1.54, 1.807) is 19.1 Å². The molecule has 0 heterocycles. The number of carboxylic acid groups (broad SMARTS) is 1. The Morgan fingerprint density at radius 2 is 2.16 bits per heavy atom. The summed E-state index contributed by atoms with van der Waals surface area (Å²) in [4.78, 5) is 10.7. The Morgan fingerprint density at radius 3 is 2.74 bits per heavy atom. The molecule has 0 saturated carbocycles. The van der Waals surface area contributed by atoms with E-state index >= 15 is 0 Å². The highest BCUT2D eigenvalue weighted by molar-refractivity contribution is 9.10. The van der Waals surface area contributed by atoms with Crippen molar-refractivity contribution in [2.75, 3.05) is 13.1 Å². The van der Waals surface area contributed by atoms with Gasteiger partial charge in [-0.1, -0.05) is 36.7 Å². The van der Waals surface area contributed by atoms with E-state index in [1.807, 2.05) is 13.8 Å². The molecule has 3 nitrogen and oxygen atoms in total. The molecule has 0 aliphatic heterocycles. The lowest BCUT2D eigenvalue weighted by atomic mass is 9.84. The van der Waals surface area contributed by atoms with Gasteiger partial charge in [0.1, 0.15) is 5.82 Å². The van der Waals surface area contributed by atoms with Crippen LogP contribution in [-0.4, -0.2) is 24.2 Å². The van der Waals surface area contributed by atoms with E-state index in [0.717, 1.165) is 4.47 Å². The monoisotopic (exact) mass is 331 g/mol. The SMILES string of the molecule is CC(CNCC(C)(C)c1cc(Br)ccc1F)C(=O)O. The molecule has 1 unspecified atom stereocenters. The van der Waals surface area contributed by atoms with Gasteiger partial charge in [0, 0.05) is 23.0 Å². The van der Waals surface area contributed by atoms with Crippen molar-refractivity contribution >= 4 is 21.9 Å². The zero-order valence-electron chi connectivity index (χ0n) is 11.3. The fourth-order valence-corrected chi connectivity index (χ4v) is 2.16. The van der Waals surface area contributed by atoms with Crippen LogP contribution in [0.25, 0.3) is 0 Å². The first-order chi connectivity index (χ1) is 8.74. The lowest BCUT2D eigenvalue weighted by Gasteiger charge is -2.27. The third-order valence-corrected chi connectivity index (χ3v) is 3.59. The molecule has 2 N–H and O–H groups in total. The van der Waals surface area contributed by atoms with Crippen LogP contribution in [0.5, 0.6) is 0 Å². The van der Waals surface area contributed by atoms with Crippen molar-refractivity contribution in [2.24, 2.45) is 5.92 Å². The molecule has 0 saturated heterocycles. The molecule has 0 aliphatic carbocycles. The van der Waals surface area contributed by atoms with E-state index in [-0.39, 0.29) is 5.82 Å². The molecule has 1 atom stereocenters. The highest BCUT2D eigenvalue weighted by Crippen LogP contribution is 2.27. The van der Waals surface area contributed by atoms with Gasteiger partial charge >= 0.3 is 5.97 Å². The molecule has 0 spiro atoms. The van der Waals surface area contributed by atoms with Crippen LogP contribution in [0.2, 0.25) is 0 Å². The predicted octanol–water partition coefficient (Wildman–Crippen LogP) is 3.18. The molecule has 1 rings (SSSR count). The number of carboxylic acids is 1. The second-order valence-electron chi connectivity index (χ2n) is 5.38. The molecule has 0 amide bonds. The minimum Gasteiger partial charge on any atom is -0.481 e. The van der Waals surface area contributed by atoms with E-state index in [2.05, 4.69) is 21.2 Å². The summed E-state index contributed by atoms with van der Waals surface area (Å²) in [5, 5.41) is 11.9. The maximum atomic E-state index is 13.8. The maximum absolute atomic E-state index is 13.8. The lowest BCUT2D eigenvalue weighted by Crippen LogP contribution is -2.37. The van der Waals surface area contributed by atoms with Gasteiger partial charge in [-0.3, -0.25) is 4.79 Å². The zero-order chi connectivity index (χ0) is 14.6. The van der Waals surface area contributed by atoms with E-state index in [9.17, 15) is 9.18 Å². The number of hydrogen-bond acceptors (Lipinski definition) is 2. The smallest absolute Gasteiger partial charge is 0.307 e. The van der Waals surface area contributed by atoms with Crippen molar-refractivity contribution in [3.8, 4) is 0 Å². The maximum Gasteiger partial charge on any atom is 0.307 e. The van der Waals surface area contributed by atoms with Gasteiger partial charge in [-0.25, -0.2) is 4.39 Å². The van der Waals surface area contributed by atoms with Crippen LogP contribution in [-0.2, 0) is 10.2 Å². The van der Waals surface area contributed by atoms with Gasteiger partial charge in [-0.05, 0) is 23.8 Å². The summed E-state index contributed by atoms with van der Waals surface area (Å²) in [5.74, 6) is -1.54. The molecule has 0 aliphatic rings. The highest BCUT2D eigenvalue weighted by atomic mass is 79.9. The molecule has 0 radical (unpaired) electrons. The van der Waals surface area contributed by atoms with Crippen LogP contribution < -0.4 is 5.32 Å². The van der Waals surface area contributed by atoms with Gasteiger partial charge in [-0.2, -0.15) is 0 Å².